The largest absolute Gasteiger partial charge is 0.493 e. The highest BCUT2D eigenvalue weighted by molar-refractivity contribution is 9.10. The average molecular weight is 402 g/mol. The highest BCUT2D eigenvalue weighted by Gasteiger charge is 2.16. The first-order valence-corrected chi connectivity index (χ1v) is 8.06. The monoisotopic (exact) mass is 400 g/mol. The van der Waals surface area contributed by atoms with Gasteiger partial charge in [0.1, 0.15) is 11.6 Å². The maximum absolute atomic E-state index is 13.9. The smallest absolute Gasteiger partial charge is 0.133 e. The first-order valence-electron chi connectivity index (χ1n) is 6.35. The van der Waals surface area contributed by atoms with E-state index >= 15 is 0 Å². The molecule has 0 aromatic heterocycles. The van der Waals surface area contributed by atoms with Crippen molar-refractivity contribution in [1.29, 1.82) is 0 Å². The molecule has 0 saturated carbocycles. The molecule has 2 aromatic carbocycles. The Hall–Kier alpha value is -0.870. The molecule has 1 atom stereocenters. The second kappa shape index (κ2) is 6.72. The van der Waals surface area contributed by atoms with Crippen LogP contribution in [0.25, 0.3) is 0 Å². The minimum atomic E-state index is -0.206. The normalized spacial score (nSPS) is 12.2. The first kappa shape index (κ1) is 15.5. The van der Waals surface area contributed by atoms with Gasteiger partial charge in [-0.05, 0) is 53.5 Å². The van der Waals surface area contributed by atoms with Crippen molar-refractivity contribution in [2.75, 3.05) is 6.61 Å². The van der Waals surface area contributed by atoms with Crippen LogP contribution in [0.1, 0.15) is 28.4 Å². The summed E-state index contributed by atoms with van der Waals surface area (Å²) in [5.41, 5.74) is 2.65. The highest BCUT2D eigenvalue weighted by atomic mass is 79.9. The van der Waals surface area contributed by atoms with Crippen molar-refractivity contribution in [2.45, 2.75) is 18.7 Å². The number of alkyl halides is 1. The summed E-state index contributed by atoms with van der Waals surface area (Å²) in [5, 5.41) is 0. The Labute approximate surface area is 135 Å². The molecule has 0 spiro atoms. The lowest BCUT2D eigenvalue weighted by molar-refractivity contribution is 0.338. The van der Waals surface area contributed by atoms with E-state index in [1.54, 1.807) is 6.07 Å². The molecule has 0 bridgehead atoms. The Morgan fingerprint density at radius 3 is 2.60 bits per heavy atom. The minimum absolute atomic E-state index is 0.186. The van der Waals surface area contributed by atoms with Gasteiger partial charge in [0.2, 0.25) is 0 Å². The van der Waals surface area contributed by atoms with E-state index in [4.69, 9.17) is 4.74 Å². The molecule has 0 aliphatic heterocycles. The number of hydrogen-bond donors (Lipinski definition) is 0. The van der Waals surface area contributed by atoms with Crippen LogP contribution in [0.15, 0.2) is 40.9 Å². The van der Waals surface area contributed by atoms with Crippen molar-refractivity contribution in [3.05, 3.63) is 63.4 Å². The van der Waals surface area contributed by atoms with Gasteiger partial charge >= 0.3 is 0 Å². The maximum Gasteiger partial charge on any atom is 0.133 e. The SMILES string of the molecule is CCOc1ccc(C(Br)c2cc(C)ccc2F)cc1Br. The van der Waals surface area contributed by atoms with Crippen LogP contribution in [0.4, 0.5) is 4.39 Å². The summed E-state index contributed by atoms with van der Waals surface area (Å²) >= 11 is 7.06. The van der Waals surface area contributed by atoms with Gasteiger partial charge in [0, 0.05) is 5.56 Å². The van der Waals surface area contributed by atoms with Crippen LogP contribution in [0.3, 0.4) is 0 Å². The highest BCUT2D eigenvalue weighted by Crippen LogP contribution is 2.36. The lowest BCUT2D eigenvalue weighted by Crippen LogP contribution is -1.99. The molecule has 0 aliphatic carbocycles. The van der Waals surface area contributed by atoms with Gasteiger partial charge in [-0.15, -0.1) is 0 Å². The van der Waals surface area contributed by atoms with Crippen LogP contribution < -0.4 is 4.74 Å². The van der Waals surface area contributed by atoms with Gasteiger partial charge in [0.25, 0.3) is 0 Å². The molecule has 0 heterocycles. The molecule has 0 saturated heterocycles. The molecule has 2 aromatic rings. The Bertz CT molecular complexity index is 613. The minimum Gasteiger partial charge on any atom is -0.493 e. The summed E-state index contributed by atoms with van der Waals surface area (Å²) in [4.78, 5) is -0.186. The molecule has 106 valence electrons. The average Bonchev–Trinajstić information content (AvgIpc) is 2.43. The predicted molar refractivity (Wildman–Crippen MR) is 87.2 cm³/mol. The number of aryl methyl sites for hydroxylation is 1. The van der Waals surface area contributed by atoms with Crippen molar-refractivity contribution < 1.29 is 9.13 Å². The molecule has 2 rings (SSSR count). The molecule has 0 N–H and O–H groups in total. The zero-order chi connectivity index (χ0) is 14.7. The van der Waals surface area contributed by atoms with Crippen molar-refractivity contribution in [1.82, 2.24) is 0 Å². The third kappa shape index (κ3) is 3.41. The number of ether oxygens (including phenoxy) is 1. The summed E-state index contributed by atoms with van der Waals surface area (Å²) in [7, 11) is 0. The Kier molecular flexibility index (Phi) is 5.22. The second-order valence-electron chi connectivity index (χ2n) is 4.51. The van der Waals surface area contributed by atoms with E-state index in [1.165, 1.54) is 6.07 Å². The fraction of sp³-hybridized carbons (Fsp3) is 0.250. The van der Waals surface area contributed by atoms with Crippen LogP contribution >= 0.6 is 31.9 Å². The van der Waals surface area contributed by atoms with Gasteiger partial charge in [0.05, 0.1) is 15.9 Å². The van der Waals surface area contributed by atoms with E-state index in [9.17, 15) is 4.39 Å². The fourth-order valence-electron chi connectivity index (χ4n) is 1.98. The van der Waals surface area contributed by atoms with E-state index < -0.39 is 0 Å². The summed E-state index contributed by atoms with van der Waals surface area (Å²) < 4.78 is 20.3. The lowest BCUT2D eigenvalue weighted by atomic mass is 10.0. The van der Waals surface area contributed by atoms with Gasteiger partial charge in [0.15, 0.2) is 0 Å². The van der Waals surface area contributed by atoms with Gasteiger partial charge in [-0.3, -0.25) is 0 Å². The van der Waals surface area contributed by atoms with Crippen LogP contribution in [0, 0.1) is 12.7 Å². The first-order chi connectivity index (χ1) is 9.52. The van der Waals surface area contributed by atoms with E-state index in [0.717, 1.165) is 21.3 Å². The van der Waals surface area contributed by atoms with Crippen LogP contribution in [0.5, 0.6) is 5.75 Å². The number of hydrogen-bond acceptors (Lipinski definition) is 1. The molecule has 1 nitrogen and oxygen atoms in total. The molecule has 20 heavy (non-hydrogen) atoms. The van der Waals surface area contributed by atoms with Gasteiger partial charge in [-0.25, -0.2) is 4.39 Å². The van der Waals surface area contributed by atoms with E-state index in [-0.39, 0.29) is 10.6 Å². The third-order valence-corrected chi connectivity index (χ3v) is 4.61. The number of benzene rings is 2. The van der Waals surface area contributed by atoms with E-state index in [1.807, 2.05) is 38.1 Å². The standard InChI is InChI=1S/C16H15Br2FO/c1-3-20-15-7-5-11(9-13(15)17)16(18)12-8-10(2)4-6-14(12)19/h4-9,16H,3H2,1-2H3. The van der Waals surface area contributed by atoms with Crippen molar-refractivity contribution in [3.8, 4) is 5.75 Å². The summed E-state index contributed by atoms with van der Waals surface area (Å²) in [6, 6.07) is 10.9. The van der Waals surface area contributed by atoms with Gasteiger partial charge in [-0.1, -0.05) is 39.7 Å². The molecule has 0 amide bonds. The molecule has 0 fully saturated rings. The Balaban J connectivity index is 2.35. The third-order valence-electron chi connectivity index (χ3n) is 2.97. The molecule has 0 aliphatic rings. The summed E-state index contributed by atoms with van der Waals surface area (Å²) in [6.45, 7) is 4.51. The topological polar surface area (TPSA) is 9.23 Å². The van der Waals surface area contributed by atoms with Crippen LogP contribution in [0.2, 0.25) is 0 Å². The van der Waals surface area contributed by atoms with Crippen molar-refractivity contribution in [2.24, 2.45) is 0 Å². The molecular formula is C16H15Br2FO. The summed E-state index contributed by atoms with van der Waals surface area (Å²) in [6.07, 6.45) is 0. The Morgan fingerprint density at radius 1 is 1.20 bits per heavy atom. The maximum atomic E-state index is 13.9. The van der Waals surface area contributed by atoms with Crippen molar-refractivity contribution in [3.63, 3.8) is 0 Å². The van der Waals surface area contributed by atoms with Gasteiger partial charge < -0.3 is 4.74 Å². The van der Waals surface area contributed by atoms with Crippen molar-refractivity contribution >= 4 is 31.9 Å². The molecule has 4 heteroatoms. The van der Waals surface area contributed by atoms with Crippen LogP contribution in [-0.2, 0) is 0 Å². The van der Waals surface area contributed by atoms with Gasteiger partial charge in [-0.2, -0.15) is 0 Å². The predicted octanol–water partition coefficient (Wildman–Crippen LogP) is 5.78. The number of rotatable bonds is 4. The number of halogens is 3. The van der Waals surface area contributed by atoms with Crippen LogP contribution in [-0.4, -0.2) is 6.61 Å². The van der Waals surface area contributed by atoms with E-state index in [0.29, 0.717) is 12.2 Å². The Morgan fingerprint density at radius 2 is 1.95 bits per heavy atom. The lowest BCUT2D eigenvalue weighted by Gasteiger charge is -2.14. The fourth-order valence-corrected chi connectivity index (χ4v) is 3.13. The molecule has 1 unspecified atom stereocenters. The molecule has 0 radical (unpaired) electrons. The second-order valence-corrected chi connectivity index (χ2v) is 6.28. The quantitative estimate of drug-likeness (QED) is 0.590. The molecular weight excluding hydrogens is 387 g/mol. The summed E-state index contributed by atoms with van der Waals surface area (Å²) in [5.74, 6) is 0.586. The zero-order valence-electron chi connectivity index (χ0n) is 11.3. The zero-order valence-corrected chi connectivity index (χ0v) is 14.5. The van der Waals surface area contributed by atoms with E-state index in [2.05, 4.69) is 31.9 Å².